The normalized spacial score (nSPS) is 13.5. The first-order valence-electron chi connectivity index (χ1n) is 6.40. The van der Waals surface area contributed by atoms with E-state index in [1.807, 2.05) is 13.1 Å². The molecule has 1 atom stereocenters. The van der Waals surface area contributed by atoms with Crippen molar-refractivity contribution in [2.24, 2.45) is 0 Å². The lowest BCUT2D eigenvalue weighted by molar-refractivity contribution is 0.575. The number of rotatable bonds is 7. The zero-order chi connectivity index (χ0) is 13.6. The molecule has 18 heavy (non-hydrogen) atoms. The number of likely N-dealkylation sites (N-methyl/N-ethyl adjacent to an activating group) is 1. The second-order valence-corrected chi connectivity index (χ2v) is 7.17. The maximum absolute atomic E-state index is 11.6. The predicted molar refractivity (Wildman–Crippen MR) is 76.8 cm³/mol. The summed E-state index contributed by atoms with van der Waals surface area (Å²) in [6.45, 7) is 4.57. The lowest BCUT2D eigenvalue weighted by Crippen LogP contribution is -2.21. The standard InChI is InChI=1S/C14H23NO2S/c1-4-18(16,17)9-8-14(11-15-3)13-7-5-6-12(2)10-13/h5-7,10,14-15H,4,8-9,11H2,1-3H3. The average molecular weight is 269 g/mol. The van der Waals surface area contributed by atoms with Gasteiger partial charge in [0.15, 0.2) is 0 Å². The lowest BCUT2D eigenvalue weighted by atomic mass is 9.95. The molecule has 102 valence electrons. The third-order valence-corrected chi connectivity index (χ3v) is 4.92. The quantitative estimate of drug-likeness (QED) is 0.825. The van der Waals surface area contributed by atoms with E-state index in [1.54, 1.807) is 6.92 Å². The van der Waals surface area contributed by atoms with Crippen molar-refractivity contribution >= 4 is 9.84 Å². The molecule has 0 saturated heterocycles. The monoisotopic (exact) mass is 269 g/mol. The Morgan fingerprint density at radius 2 is 2.06 bits per heavy atom. The van der Waals surface area contributed by atoms with Gasteiger partial charge in [0.2, 0.25) is 0 Å². The molecule has 0 fully saturated rings. The molecule has 0 amide bonds. The van der Waals surface area contributed by atoms with Crippen LogP contribution in [0.3, 0.4) is 0 Å². The molecule has 1 unspecified atom stereocenters. The zero-order valence-electron chi connectivity index (χ0n) is 11.4. The van der Waals surface area contributed by atoms with Crippen LogP contribution in [0.1, 0.15) is 30.4 Å². The highest BCUT2D eigenvalue weighted by Gasteiger charge is 2.15. The molecule has 0 aromatic heterocycles. The van der Waals surface area contributed by atoms with E-state index >= 15 is 0 Å². The highest BCUT2D eigenvalue weighted by molar-refractivity contribution is 7.91. The van der Waals surface area contributed by atoms with Gasteiger partial charge in [-0.15, -0.1) is 0 Å². The third kappa shape index (κ3) is 4.78. The summed E-state index contributed by atoms with van der Waals surface area (Å²) in [5.74, 6) is 0.757. The van der Waals surface area contributed by atoms with Crippen LogP contribution in [-0.2, 0) is 9.84 Å². The molecule has 0 spiro atoms. The molecule has 0 aliphatic carbocycles. The Labute approximate surface area is 111 Å². The lowest BCUT2D eigenvalue weighted by Gasteiger charge is -2.17. The number of hydrogen-bond acceptors (Lipinski definition) is 3. The summed E-state index contributed by atoms with van der Waals surface area (Å²) >= 11 is 0. The van der Waals surface area contributed by atoms with Crippen LogP contribution in [0.4, 0.5) is 0 Å². The molecule has 0 heterocycles. The summed E-state index contributed by atoms with van der Waals surface area (Å²) in [6, 6.07) is 8.30. The van der Waals surface area contributed by atoms with Gasteiger partial charge >= 0.3 is 0 Å². The van der Waals surface area contributed by atoms with Crippen LogP contribution in [0.2, 0.25) is 0 Å². The summed E-state index contributed by atoms with van der Waals surface area (Å²) < 4.78 is 23.2. The molecule has 0 saturated carbocycles. The minimum atomic E-state index is -2.88. The Kier molecular flexibility index (Phi) is 5.82. The Morgan fingerprint density at radius 1 is 1.33 bits per heavy atom. The van der Waals surface area contributed by atoms with Gasteiger partial charge < -0.3 is 5.32 Å². The molecule has 0 aliphatic rings. The molecule has 3 nitrogen and oxygen atoms in total. The van der Waals surface area contributed by atoms with Gasteiger partial charge in [0, 0.05) is 12.3 Å². The van der Waals surface area contributed by atoms with Crippen molar-refractivity contribution in [1.82, 2.24) is 5.32 Å². The SMILES string of the molecule is CCS(=O)(=O)CCC(CNC)c1cccc(C)c1. The van der Waals surface area contributed by atoms with Crippen LogP contribution in [0.15, 0.2) is 24.3 Å². The fraction of sp³-hybridized carbons (Fsp3) is 0.571. The summed E-state index contributed by atoms with van der Waals surface area (Å²) in [4.78, 5) is 0. The molecular weight excluding hydrogens is 246 g/mol. The van der Waals surface area contributed by atoms with Gasteiger partial charge in [0.1, 0.15) is 9.84 Å². The molecule has 0 bridgehead atoms. The van der Waals surface area contributed by atoms with Crippen LogP contribution in [0, 0.1) is 6.92 Å². The summed E-state index contributed by atoms with van der Waals surface area (Å²) in [7, 11) is -0.979. The van der Waals surface area contributed by atoms with Crippen molar-refractivity contribution in [3.05, 3.63) is 35.4 Å². The van der Waals surface area contributed by atoms with Crippen LogP contribution in [-0.4, -0.2) is 33.5 Å². The van der Waals surface area contributed by atoms with E-state index in [4.69, 9.17) is 0 Å². The Hall–Kier alpha value is -0.870. The minimum absolute atomic E-state index is 0.229. The Balaban J connectivity index is 2.77. The van der Waals surface area contributed by atoms with Crippen molar-refractivity contribution < 1.29 is 8.42 Å². The second-order valence-electron chi connectivity index (χ2n) is 4.69. The molecule has 0 aliphatic heterocycles. The Morgan fingerprint density at radius 3 is 2.61 bits per heavy atom. The summed E-state index contributed by atoms with van der Waals surface area (Å²) in [5, 5.41) is 3.15. The van der Waals surface area contributed by atoms with Crippen molar-refractivity contribution in [3.8, 4) is 0 Å². The Bertz CT molecular complexity index is 468. The van der Waals surface area contributed by atoms with Gasteiger partial charge in [-0.05, 0) is 31.9 Å². The average Bonchev–Trinajstić information content (AvgIpc) is 2.34. The fourth-order valence-electron chi connectivity index (χ4n) is 2.02. The summed E-state index contributed by atoms with van der Waals surface area (Å²) in [6.07, 6.45) is 0.681. The fourth-order valence-corrected chi connectivity index (χ4v) is 2.96. The zero-order valence-corrected chi connectivity index (χ0v) is 12.3. The first kappa shape index (κ1) is 15.2. The highest BCUT2D eigenvalue weighted by Crippen LogP contribution is 2.21. The van der Waals surface area contributed by atoms with Crippen LogP contribution < -0.4 is 5.32 Å². The topological polar surface area (TPSA) is 46.2 Å². The molecule has 1 aromatic carbocycles. The van der Waals surface area contributed by atoms with E-state index in [2.05, 4.69) is 30.4 Å². The first-order chi connectivity index (χ1) is 8.48. The molecule has 1 aromatic rings. The molecular formula is C14H23NO2S. The van der Waals surface area contributed by atoms with Gasteiger partial charge in [0.05, 0.1) is 5.75 Å². The van der Waals surface area contributed by atoms with Gasteiger partial charge in [0.25, 0.3) is 0 Å². The van der Waals surface area contributed by atoms with Crippen LogP contribution in [0.25, 0.3) is 0 Å². The number of hydrogen-bond donors (Lipinski definition) is 1. The third-order valence-electron chi connectivity index (χ3n) is 3.18. The number of aryl methyl sites for hydroxylation is 1. The number of sulfone groups is 1. The van der Waals surface area contributed by atoms with E-state index < -0.39 is 9.84 Å². The number of nitrogens with one attached hydrogen (secondary N) is 1. The van der Waals surface area contributed by atoms with Crippen LogP contribution in [0.5, 0.6) is 0 Å². The van der Waals surface area contributed by atoms with E-state index in [1.165, 1.54) is 11.1 Å². The van der Waals surface area contributed by atoms with Gasteiger partial charge in [-0.2, -0.15) is 0 Å². The second kappa shape index (κ2) is 6.90. The van der Waals surface area contributed by atoms with Crippen molar-refractivity contribution in [1.29, 1.82) is 0 Å². The maximum atomic E-state index is 11.6. The predicted octanol–water partition coefficient (Wildman–Crippen LogP) is 2.12. The van der Waals surface area contributed by atoms with Crippen molar-refractivity contribution in [3.63, 3.8) is 0 Å². The van der Waals surface area contributed by atoms with E-state index in [-0.39, 0.29) is 17.4 Å². The maximum Gasteiger partial charge on any atom is 0.150 e. The van der Waals surface area contributed by atoms with E-state index in [9.17, 15) is 8.42 Å². The van der Waals surface area contributed by atoms with Crippen molar-refractivity contribution in [2.75, 3.05) is 25.1 Å². The minimum Gasteiger partial charge on any atom is -0.319 e. The molecule has 1 N–H and O–H groups in total. The van der Waals surface area contributed by atoms with Gasteiger partial charge in [-0.3, -0.25) is 0 Å². The van der Waals surface area contributed by atoms with E-state index in [0.717, 1.165) is 6.54 Å². The number of benzene rings is 1. The first-order valence-corrected chi connectivity index (χ1v) is 8.22. The van der Waals surface area contributed by atoms with Crippen LogP contribution >= 0.6 is 0 Å². The smallest absolute Gasteiger partial charge is 0.150 e. The van der Waals surface area contributed by atoms with Gasteiger partial charge in [-0.25, -0.2) is 8.42 Å². The van der Waals surface area contributed by atoms with Gasteiger partial charge in [-0.1, -0.05) is 36.8 Å². The molecule has 1 rings (SSSR count). The van der Waals surface area contributed by atoms with Crippen molar-refractivity contribution in [2.45, 2.75) is 26.2 Å². The molecule has 4 heteroatoms. The highest BCUT2D eigenvalue weighted by atomic mass is 32.2. The van der Waals surface area contributed by atoms with E-state index in [0.29, 0.717) is 6.42 Å². The largest absolute Gasteiger partial charge is 0.319 e. The molecule has 0 radical (unpaired) electrons. The summed E-state index contributed by atoms with van der Waals surface area (Å²) in [5.41, 5.74) is 2.43.